The van der Waals surface area contributed by atoms with Crippen molar-refractivity contribution in [2.24, 2.45) is 9.98 Å². The van der Waals surface area contributed by atoms with Crippen LogP contribution in [0, 0.1) is 0 Å². The molecular formula is C26H22ClN3O3S. The molecule has 2 heterocycles. The highest BCUT2D eigenvalue weighted by Gasteiger charge is 2.42. The zero-order chi connectivity index (χ0) is 23.7. The molecule has 8 heteroatoms. The highest BCUT2D eigenvalue weighted by Crippen LogP contribution is 2.41. The van der Waals surface area contributed by atoms with Crippen molar-refractivity contribution in [3.63, 3.8) is 0 Å². The zero-order valence-electron chi connectivity index (χ0n) is 18.7. The highest BCUT2D eigenvalue weighted by atomic mass is 35.5. The van der Waals surface area contributed by atoms with Crippen LogP contribution in [-0.4, -0.2) is 42.1 Å². The van der Waals surface area contributed by atoms with Crippen LogP contribution in [0.3, 0.4) is 0 Å². The monoisotopic (exact) mass is 491 g/mol. The summed E-state index contributed by atoms with van der Waals surface area (Å²) in [5.41, 5.74) is 3.62. The van der Waals surface area contributed by atoms with E-state index in [-0.39, 0.29) is 5.91 Å². The molecule has 34 heavy (non-hydrogen) atoms. The standard InChI is InChI=1S/C26H22ClN3O3S/c1-32-22-13-19-20(14-23(22)33-2)28-26(34-15-17-8-10-18(27)11-9-17)30-21(25(31)29-24(19)30)12-16-6-4-3-5-7-16/h3-11,13-14,21H,12,15H2,1-2H3. The van der Waals surface area contributed by atoms with Crippen molar-refractivity contribution in [3.8, 4) is 11.5 Å². The first-order valence-corrected chi connectivity index (χ1v) is 12.1. The van der Waals surface area contributed by atoms with Gasteiger partial charge in [-0.1, -0.05) is 65.8 Å². The fourth-order valence-corrected chi connectivity index (χ4v) is 5.18. The molecule has 0 fully saturated rings. The first kappa shape index (κ1) is 22.5. The van der Waals surface area contributed by atoms with Gasteiger partial charge in [0.2, 0.25) is 0 Å². The molecule has 3 aromatic carbocycles. The third-order valence-electron chi connectivity index (χ3n) is 5.76. The predicted octanol–water partition coefficient (Wildman–Crippen LogP) is 5.49. The first-order chi connectivity index (χ1) is 16.6. The number of nitrogens with zero attached hydrogens (tertiary/aromatic N) is 3. The van der Waals surface area contributed by atoms with Gasteiger partial charge in [-0.15, -0.1) is 0 Å². The van der Waals surface area contributed by atoms with E-state index in [0.717, 1.165) is 21.9 Å². The van der Waals surface area contributed by atoms with Crippen molar-refractivity contribution < 1.29 is 14.3 Å². The number of amides is 1. The van der Waals surface area contributed by atoms with E-state index in [1.165, 1.54) is 0 Å². The predicted molar refractivity (Wildman–Crippen MR) is 137 cm³/mol. The van der Waals surface area contributed by atoms with Gasteiger partial charge in [-0.3, -0.25) is 9.69 Å². The van der Waals surface area contributed by atoms with Gasteiger partial charge in [0.1, 0.15) is 11.9 Å². The third-order valence-corrected chi connectivity index (χ3v) is 7.03. The van der Waals surface area contributed by atoms with E-state index in [0.29, 0.717) is 40.2 Å². The molecule has 0 N–H and O–H groups in total. The van der Waals surface area contributed by atoms with Crippen LogP contribution in [-0.2, 0) is 17.0 Å². The van der Waals surface area contributed by atoms with Crippen molar-refractivity contribution in [1.29, 1.82) is 0 Å². The molecule has 172 valence electrons. The highest BCUT2D eigenvalue weighted by molar-refractivity contribution is 8.13. The van der Waals surface area contributed by atoms with Gasteiger partial charge in [0, 0.05) is 28.8 Å². The zero-order valence-corrected chi connectivity index (χ0v) is 20.3. The molecule has 0 radical (unpaired) electrons. The largest absolute Gasteiger partial charge is 0.493 e. The lowest BCUT2D eigenvalue weighted by atomic mass is 10.0. The molecular weight excluding hydrogens is 470 g/mol. The molecule has 0 aromatic heterocycles. The molecule has 0 bridgehead atoms. The molecule has 0 aliphatic carbocycles. The van der Waals surface area contributed by atoms with Crippen molar-refractivity contribution in [2.45, 2.75) is 18.2 Å². The number of hydrogen-bond acceptors (Lipinski definition) is 6. The van der Waals surface area contributed by atoms with E-state index >= 15 is 0 Å². The third kappa shape index (κ3) is 4.29. The van der Waals surface area contributed by atoms with Crippen LogP contribution >= 0.6 is 23.4 Å². The molecule has 0 spiro atoms. The lowest BCUT2D eigenvalue weighted by Crippen LogP contribution is -2.44. The quantitative estimate of drug-likeness (QED) is 0.456. The van der Waals surface area contributed by atoms with Gasteiger partial charge in [-0.2, -0.15) is 4.99 Å². The number of fused-ring (bicyclic) bond motifs is 3. The van der Waals surface area contributed by atoms with E-state index in [9.17, 15) is 4.79 Å². The Hall–Kier alpha value is -3.29. The van der Waals surface area contributed by atoms with Gasteiger partial charge < -0.3 is 9.47 Å². The van der Waals surface area contributed by atoms with Gasteiger partial charge in [-0.25, -0.2) is 4.99 Å². The van der Waals surface area contributed by atoms with Crippen molar-refractivity contribution in [2.75, 3.05) is 14.2 Å². The number of rotatable bonds is 6. The van der Waals surface area contributed by atoms with E-state index < -0.39 is 6.04 Å². The molecule has 2 aliphatic rings. The van der Waals surface area contributed by atoms with Gasteiger partial charge in [-0.05, 0) is 29.3 Å². The average molecular weight is 492 g/mol. The number of carbonyl (C=O) groups is 1. The summed E-state index contributed by atoms with van der Waals surface area (Å²) in [6, 6.07) is 20.9. The van der Waals surface area contributed by atoms with Crippen molar-refractivity contribution in [3.05, 3.63) is 88.4 Å². The molecule has 6 nitrogen and oxygen atoms in total. The number of amidine groups is 2. The second-order valence-corrected chi connectivity index (χ2v) is 9.26. The Bertz CT molecular complexity index is 1290. The lowest BCUT2D eigenvalue weighted by Gasteiger charge is -2.31. The molecule has 1 unspecified atom stereocenters. The number of methoxy groups -OCH3 is 2. The number of thioether (sulfide) groups is 1. The second kappa shape index (κ2) is 9.52. The van der Waals surface area contributed by atoms with Gasteiger partial charge in [0.15, 0.2) is 16.7 Å². The summed E-state index contributed by atoms with van der Waals surface area (Å²) >= 11 is 7.60. The minimum absolute atomic E-state index is 0.179. The van der Waals surface area contributed by atoms with E-state index in [2.05, 4.69) is 4.99 Å². The minimum Gasteiger partial charge on any atom is -0.493 e. The molecule has 1 atom stereocenters. The maximum atomic E-state index is 13.1. The Morgan fingerprint density at radius 3 is 2.35 bits per heavy atom. The van der Waals surface area contributed by atoms with E-state index in [1.54, 1.807) is 26.0 Å². The summed E-state index contributed by atoms with van der Waals surface area (Å²) < 4.78 is 11.0. The SMILES string of the molecule is COc1cc2c(cc1OC)C1=NC(=O)C(Cc3ccccc3)N1C(SCc1ccc(Cl)cc1)=N2. The van der Waals surface area contributed by atoms with Crippen LogP contribution < -0.4 is 9.47 Å². The number of aliphatic imine (C=N–C) groups is 2. The van der Waals surface area contributed by atoms with Crippen molar-refractivity contribution >= 4 is 46.0 Å². The van der Waals surface area contributed by atoms with Crippen LogP contribution in [0.1, 0.15) is 16.7 Å². The summed E-state index contributed by atoms with van der Waals surface area (Å²) in [5.74, 6) is 2.23. The topological polar surface area (TPSA) is 63.5 Å². The molecule has 1 amide bonds. The van der Waals surface area contributed by atoms with E-state index in [4.69, 9.17) is 26.1 Å². The molecule has 0 saturated carbocycles. The Morgan fingerprint density at radius 2 is 1.65 bits per heavy atom. The second-order valence-electron chi connectivity index (χ2n) is 7.88. The number of halogens is 1. The summed E-state index contributed by atoms with van der Waals surface area (Å²) in [6.45, 7) is 0. The summed E-state index contributed by atoms with van der Waals surface area (Å²) in [7, 11) is 3.17. The van der Waals surface area contributed by atoms with E-state index in [1.807, 2.05) is 71.6 Å². The van der Waals surface area contributed by atoms with Crippen LogP contribution in [0.4, 0.5) is 5.69 Å². The minimum atomic E-state index is -0.463. The van der Waals surface area contributed by atoms with Crippen LogP contribution in [0.5, 0.6) is 11.5 Å². The first-order valence-electron chi connectivity index (χ1n) is 10.8. The molecule has 5 rings (SSSR count). The Kier molecular flexibility index (Phi) is 6.30. The molecule has 3 aromatic rings. The van der Waals surface area contributed by atoms with Crippen LogP contribution in [0.25, 0.3) is 0 Å². The smallest absolute Gasteiger partial charge is 0.271 e. The van der Waals surface area contributed by atoms with Gasteiger partial charge >= 0.3 is 0 Å². The fourth-order valence-electron chi connectivity index (χ4n) is 4.05. The summed E-state index contributed by atoms with van der Waals surface area (Å²) in [4.78, 5) is 24.5. The van der Waals surface area contributed by atoms with Gasteiger partial charge in [0.25, 0.3) is 5.91 Å². The fraction of sp³-hybridized carbons (Fsp3) is 0.192. The summed E-state index contributed by atoms with van der Waals surface area (Å²) in [6.07, 6.45) is 0.538. The lowest BCUT2D eigenvalue weighted by molar-refractivity contribution is -0.119. The number of benzene rings is 3. The Balaban J connectivity index is 1.55. The number of ether oxygens (including phenoxy) is 2. The maximum absolute atomic E-state index is 13.1. The normalized spacial score (nSPS) is 16.5. The summed E-state index contributed by atoms with van der Waals surface area (Å²) in [5, 5.41) is 1.42. The number of hydrogen-bond donors (Lipinski definition) is 0. The number of carbonyl (C=O) groups excluding carboxylic acids is 1. The van der Waals surface area contributed by atoms with Crippen LogP contribution in [0.2, 0.25) is 5.02 Å². The Morgan fingerprint density at radius 1 is 0.941 bits per heavy atom. The van der Waals surface area contributed by atoms with Crippen LogP contribution in [0.15, 0.2) is 76.7 Å². The van der Waals surface area contributed by atoms with Crippen molar-refractivity contribution in [1.82, 2.24) is 4.90 Å². The average Bonchev–Trinajstić information content (AvgIpc) is 3.19. The maximum Gasteiger partial charge on any atom is 0.271 e. The molecule has 2 aliphatic heterocycles. The molecule has 0 saturated heterocycles. The Labute approximate surface area is 207 Å². The van der Waals surface area contributed by atoms with Gasteiger partial charge in [0.05, 0.1) is 19.9 Å².